The molecule has 0 aliphatic heterocycles. The van der Waals surface area contributed by atoms with E-state index in [1.54, 1.807) is 6.20 Å². The number of rotatable bonds is 6. The maximum Gasteiger partial charge on any atom is 0.224 e. The third kappa shape index (κ3) is 4.33. The summed E-state index contributed by atoms with van der Waals surface area (Å²) in [6, 6.07) is 14.4. The van der Waals surface area contributed by atoms with Gasteiger partial charge in [0.1, 0.15) is 11.6 Å². The molecule has 1 amide bonds. The van der Waals surface area contributed by atoms with Crippen LogP contribution in [-0.4, -0.2) is 15.9 Å². The number of nitrogens with one attached hydrogen (secondary N) is 2. The fourth-order valence-corrected chi connectivity index (χ4v) is 3.61. The second-order valence-corrected chi connectivity index (χ2v) is 7.35. The number of amides is 1. The third-order valence-corrected chi connectivity index (χ3v) is 5.06. The monoisotopic (exact) mass is 425 g/mol. The highest BCUT2D eigenvalue weighted by atomic mass is 35.5. The van der Waals surface area contributed by atoms with Crippen molar-refractivity contribution in [2.24, 2.45) is 0 Å². The summed E-state index contributed by atoms with van der Waals surface area (Å²) >= 11 is 6.19. The van der Waals surface area contributed by atoms with Crippen molar-refractivity contribution in [3.8, 4) is 11.4 Å². The van der Waals surface area contributed by atoms with Gasteiger partial charge in [0.05, 0.1) is 17.1 Å². The van der Waals surface area contributed by atoms with E-state index < -0.39 is 11.6 Å². The number of aromatic nitrogens is 2. The van der Waals surface area contributed by atoms with Gasteiger partial charge in [0.25, 0.3) is 0 Å². The van der Waals surface area contributed by atoms with Crippen molar-refractivity contribution < 1.29 is 13.6 Å². The van der Waals surface area contributed by atoms with Crippen LogP contribution < -0.4 is 5.32 Å². The van der Waals surface area contributed by atoms with Crippen LogP contribution in [0.3, 0.4) is 0 Å². The number of carbonyl (C=O) groups excluding carboxylic acids is 1. The molecule has 0 spiro atoms. The normalized spacial score (nSPS) is 11.0. The maximum absolute atomic E-state index is 13.7. The molecule has 2 N–H and O–H groups in total. The zero-order valence-electron chi connectivity index (χ0n) is 15.9. The van der Waals surface area contributed by atoms with Gasteiger partial charge in [-0.25, -0.2) is 8.78 Å². The van der Waals surface area contributed by atoms with Crippen molar-refractivity contribution in [3.05, 3.63) is 83.0 Å². The van der Waals surface area contributed by atoms with E-state index in [2.05, 4.69) is 15.3 Å². The lowest BCUT2D eigenvalue weighted by Gasteiger charge is -2.08. The van der Waals surface area contributed by atoms with Gasteiger partial charge in [0.15, 0.2) is 0 Å². The molecule has 2 aromatic carbocycles. The fourth-order valence-electron chi connectivity index (χ4n) is 3.44. The van der Waals surface area contributed by atoms with Gasteiger partial charge >= 0.3 is 0 Å². The molecule has 4 aromatic rings. The number of carbonyl (C=O) groups is 1. The van der Waals surface area contributed by atoms with E-state index in [-0.39, 0.29) is 18.0 Å². The Balaban J connectivity index is 1.52. The Morgan fingerprint density at radius 2 is 1.97 bits per heavy atom. The Labute approximate surface area is 176 Å². The second kappa shape index (κ2) is 8.63. The number of anilines is 1. The number of pyridine rings is 1. The van der Waals surface area contributed by atoms with Crippen LogP contribution >= 0.6 is 11.6 Å². The zero-order valence-corrected chi connectivity index (χ0v) is 16.6. The maximum atomic E-state index is 13.7. The van der Waals surface area contributed by atoms with Gasteiger partial charge in [-0.1, -0.05) is 17.7 Å². The van der Waals surface area contributed by atoms with Crippen LogP contribution in [0.25, 0.3) is 22.3 Å². The predicted octanol–water partition coefficient (Wildman–Crippen LogP) is 6.12. The number of nitrogens with zero attached hydrogens (tertiary/aromatic N) is 1. The summed E-state index contributed by atoms with van der Waals surface area (Å²) in [7, 11) is 0. The highest BCUT2D eigenvalue weighted by Crippen LogP contribution is 2.32. The summed E-state index contributed by atoms with van der Waals surface area (Å²) in [6.07, 6.45) is 3.05. The average molecular weight is 426 g/mol. The molecule has 0 fully saturated rings. The Kier molecular flexibility index (Phi) is 5.77. The van der Waals surface area contributed by atoms with E-state index in [4.69, 9.17) is 11.6 Å². The Bertz CT molecular complexity index is 1210. The molecular weight excluding hydrogens is 408 g/mol. The summed E-state index contributed by atoms with van der Waals surface area (Å²) in [5.41, 5.74) is 3.62. The Morgan fingerprint density at radius 3 is 2.73 bits per heavy atom. The SMILES string of the molecule is O=C(CCCc1c(-c2ccccn2)[nH]c2ccc(Cl)cc12)Nc1ccc(F)cc1F. The molecule has 7 heteroatoms. The molecule has 0 aliphatic rings. The first-order chi connectivity index (χ1) is 14.5. The van der Waals surface area contributed by atoms with Gasteiger partial charge in [0.2, 0.25) is 5.91 Å². The number of fused-ring (bicyclic) bond motifs is 1. The van der Waals surface area contributed by atoms with Crippen LogP contribution in [0.5, 0.6) is 0 Å². The Morgan fingerprint density at radius 1 is 1.10 bits per heavy atom. The molecule has 0 bridgehead atoms. The Hall–Kier alpha value is -3.25. The molecule has 0 saturated heterocycles. The molecule has 4 nitrogen and oxygen atoms in total. The highest BCUT2D eigenvalue weighted by Gasteiger charge is 2.15. The second-order valence-electron chi connectivity index (χ2n) is 6.91. The number of aryl methyl sites for hydroxylation is 1. The van der Waals surface area contributed by atoms with E-state index in [0.29, 0.717) is 17.9 Å². The van der Waals surface area contributed by atoms with Crippen molar-refractivity contribution in [1.82, 2.24) is 9.97 Å². The first-order valence-corrected chi connectivity index (χ1v) is 9.85. The van der Waals surface area contributed by atoms with Crippen molar-refractivity contribution >= 4 is 34.1 Å². The lowest BCUT2D eigenvalue weighted by Crippen LogP contribution is -2.12. The standard InChI is InChI=1S/C23H18ClF2N3O/c24-14-7-9-19-17(12-14)16(23(29-19)21-5-1-2-11-27-21)4-3-6-22(30)28-20-10-8-15(25)13-18(20)26/h1-2,5,7-13,29H,3-4,6H2,(H,28,30). The fraction of sp³-hybridized carbons (Fsp3) is 0.130. The van der Waals surface area contributed by atoms with Crippen LogP contribution in [0.1, 0.15) is 18.4 Å². The van der Waals surface area contributed by atoms with Crippen LogP contribution in [-0.2, 0) is 11.2 Å². The number of hydrogen-bond donors (Lipinski definition) is 2. The van der Waals surface area contributed by atoms with Gasteiger partial charge in [0, 0.05) is 34.6 Å². The number of halogens is 3. The molecule has 0 atom stereocenters. The third-order valence-electron chi connectivity index (χ3n) is 4.83. The van der Waals surface area contributed by atoms with Gasteiger partial charge < -0.3 is 10.3 Å². The zero-order chi connectivity index (χ0) is 21.1. The number of hydrogen-bond acceptors (Lipinski definition) is 2. The van der Waals surface area contributed by atoms with Gasteiger partial charge in [-0.05, 0) is 60.9 Å². The first-order valence-electron chi connectivity index (χ1n) is 9.47. The lowest BCUT2D eigenvalue weighted by atomic mass is 10.0. The van der Waals surface area contributed by atoms with Crippen LogP contribution in [0, 0.1) is 11.6 Å². The van der Waals surface area contributed by atoms with Crippen LogP contribution in [0.4, 0.5) is 14.5 Å². The highest BCUT2D eigenvalue weighted by molar-refractivity contribution is 6.31. The van der Waals surface area contributed by atoms with E-state index in [9.17, 15) is 13.6 Å². The smallest absolute Gasteiger partial charge is 0.224 e. The topological polar surface area (TPSA) is 57.8 Å². The molecule has 0 radical (unpaired) electrons. The lowest BCUT2D eigenvalue weighted by molar-refractivity contribution is -0.116. The molecular formula is C23H18ClF2N3O. The van der Waals surface area contributed by atoms with Gasteiger partial charge in [-0.3, -0.25) is 9.78 Å². The molecule has 152 valence electrons. The van der Waals surface area contributed by atoms with E-state index in [1.807, 2.05) is 36.4 Å². The molecule has 30 heavy (non-hydrogen) atoms. The van der Waals surface area contributed by atoms with Crippen molar-refractivity contribution in [2.75, 3.05) is 5.32 Å². The number of aromatic amines is 1. The van der Waals surface area contributed by atoms with Crippen molar-refractivity contribution in [1.29, 1.82) is 0 Å². The van der Waals surface area contributed by atoms with E-state index in [1.165, 1.54) is 6.07 Å². The predicted molar refractivity (Wildman–Crippen MR) is 114 cm³/mol. The van der Waals surface area contributed by atoms with Crippen molar-refractivity contribution in [3.63, 3.8) is 0 Å². The average Bonchev–Trinajstić information content (AvgIpc) is 3.08. The molecule has 2 aromatic heterocycles. The van der Waals surface area contributed by atoms with Crippen LogP contribution in [0.15, 0.2) is 60.8 Å². The summed E-state index contributed by atoms with van der Waals surface area (Å²) in [6.45, 7) is 0. The van der Waals surface area contributed by atoms with Crippen molar-refractivity contribution in [2.45, 2.75) is 19.3 Å². The minimum atomic E-state index is -0.799. The summed E-state index contributed by atoms with van der Waals surface area (Å²) < 4.78 is 26.7. The van der Waals surface area contributed by atoms with Gasteiger partial charge in [-0.15, -0.1) is 0 Å². The quantitative estimate of drug-likeness (QED) is 0.391. The summed E-state index contributed by atoms with van der Waals surface area (Å²) in [5, 5.41) is 4.09. The molecule has 0 saturated carbocycles. The summed E-state index contributed by atoms with van der Waals surface area (Å²) in [5.74, 6) is -1.82. The largest absolute Gasteiger partial charge is 0.353 e. The number of benzene rings is 2. The van der Waals surface area contributed by atoms with E-state index >= 15 is 0 Å². The molecule has 4 rings (SSSR count). The van der Waals surface area contributed by atoms with E-state index in [0.717, 1.165) is 40.0 Å². The minimum absolute atomic E-state index is 0.0329. The van der Waals surface area contributed by atoms with Gasteiger partial charge in [-0.2, -0.15) is 0 Å². The van der Waals surface area contributed by atoms with Crippen LogP contribution in [0.2, 0.25) is 5.02 Å². The molecule has 2 heterocycles. The minimum Gasteiger partial charge on any atom is -0.353 e. The molecule has 0 unspecified atom stereocenters. The first kappa shape index (κ1) is 20.0. The molecule has 0 aliphatic carbocycles. The summed E-state index contributed by atoms with van der Waals surface area (Å²) in [4.78, 5) is 20.1. The number of H-pyrrole nitrogens is 1.